The molecule has 1 aromatic heterocycles. The fourth-order valence-electron chi connectivity index (χ4n) is 2.71. The first-order valence-corrected chi connectivity index (χ1v) is 10.6. The molecule has 0 spiro atoms. The van der Waals surface area contributed by atoms with Crippen molar-refractivity contribution in [2.45, 2.75) is 4.90 Å². The van der Waals surface area contributed by atoms with Crippen LogP contribution in [0.1, 0.15) is 20.7 Å². The quantitative estimate of drug-likeness (QED) is 0.816. The molecule has 1 fully saturated rings. The van der Waals surface area contributed by atoms with E-state index in [9.17, 15) is 18.0 Å². The molecule has 0 saturated carbocycles. The van der Waals surface area contributed by atoms with Crippen molar-refractivity contribution < 1.29 is 18.0 Å². The number of sulfone groups is 1. The van der Waals surface area contributed by atoms with E-state index in [0.29, 0.717) is 37.3 Å². The van der Waals surface area contributed by atoms with E-state index in [2.05, 4.69) is 0 Å². The summed E-state index contributed by atoms with van der Waals surface area (Å²) >= 11 is 1.48. The van der Waals surface area contributed by atoms with Gasteiger partial charge in [0, 0.05) is 43.4 Å². The van der Waals surface area contributed by atoms with E-state index in [4.69, 9.17) is 0 Å². The number of benzene rings is 1. The minimum absolute atomic E-state index is 0.00847. The average Bonchev–Trinajstić information content (AvgIpc) is 3.14. The summed E-state index contributed by atoms with van der Waals surface area (Å²) in [5.74, 6) is -0.159. The highest BCUT2D eigenvalue weighted by Gasteiger charge is 2.25. The van der Waals surface area contributed by atoms with Crippen molar-refractivity contribution in [3.63, 3.8) is 0 Å². The number of nitrogens with zero attached hydrogens (tertiary/aromatic N) is 2. The van der Waals surface area contributed by atoms with Crippen molar-refractivity contribution >= 4 is 33.0 Å². The number of hydrogen-bond donors (Lipinski definition) is 0. The normalized spacial score (nSPS) is 15.2. The lowest BCUT2D eigenvalue weighted by Crippen LogP contribution is -2.50. The molecular formula is C17H18N2O4S2. The van der Waals surface area contributed by atoms with Gasteiger partial charge in [-0.2, -0.15) is 11.3 Å². The van der Waals surface area contributed by atoms with Crippen molar-refractivity contribution in [3.05, 3.63) is 52.2 Å². The second-order valence-electron chi connectivity index (χ2n) is 5.89. The summed E-state index contributed by atoms with van der Waals surface area (Å²) in [7, 11) is -3.28. The average molecular weight is 378 g/mol. The molecule has 0 unspecified atom stereocenters. The first-order valence-electron chi connectivity index (χ1n) is 7.77. The first kappa shape index (κ1) is 17.6. The molecule has 132 valence electrons. The maximum absolute atomic E-state index is 12.5. The smallest absolute Gasteiger partial charge is 0.254 e. The van der Waals surface area contributed by atoms with Crippen molar-refractivity contribution in [3.8, 4) is 0 Å². The molecule has 2 aromatic rings. The predicted molar refractivity (Wildman–Crippen MR) is 95.7 cm³/mol. The van der Waals surface area contributed by atoms with Gasteiger partial charge in [0.15, 0.2) is 9.84 Å². The summed E-state index contributed by atoms with van der Waals surface area (Å²) < 4.78 is 23.0. The molecule has 2 heterocycles. The Morgan fingerprint density at radius 3 is 1.84 bits per heavy atom. The van der Waals surface area contributed by atoms with Gasteiger partial charge in [0.2, 0.25) is 0 Å². The van der Waals surface area contributed by atoms with E-state index in [1.165, 1.54) is 35.6 Å². The van der Waals surface area contributed by atoms with Crippen molar-refractivity contribution in [1.29, 1.82) is 0 Å². The highest BCUT2D eigenvalue weighted by atomic mass is 32.2. The highest BCUT2D eigenvalue weighted by Crippen LogP contribution is 2.15. The van der Waals surface area contributed by atoms with Crippen molar-refractivity contribution in [2.24, 2.45) is 0 Å². The molecule has 1 aliphatic rings. The summed E-state index contributed by atoms with van der Waals surface area (Å²) in [5, 5.41) is 3.69. The van der Waals surface area contributed by atoms with Crippen LogP contribution in [0, 0.1) is 0 Å². The van der Waals surface area contributed by atoms with Gasteiger partial charge in [-0.05, 0) is 35.7 Å². The van der Waals surface area contributed by atoms with Crippen LogP contribution in [-0.2, 0) is 9.84 Å². The largest absolute Gasteiger partial charge is 0.335 e. The molecule has 1 saturated heterocycles. The minimum Gasteiger partial charge on any atom is -0.335 e. The minimum atomic E-state index is -3.28. The lowest BCUT2D eigenvalue weighted by molar-refractivity contribution is 0.0536. The first-order chi connectivity index (χ1) is 11.9. The molecule has 0 bridgehead atoms. The summed E-state index contributed by atoms with van der Waals surface area (Å²) in [5.41, 5.74) is 1.13. The predicted octanol–water partition coefficient (Wildman–Crippen LogP) is 1.75. The molecule has 0 radical (unpaired) electrons. The Balaban J connectivity index is 1.63. The standard InChI is InChI=1S/C17H18N2O4S2/c1-25(22,23)15-4-2-13(3-5-15)16(20)18-7-9-19(10-8-18)17(21)14-6-11-24-12-14/h2-6,11-12H,7-10H2,1H3. The number of piperazine rings is 1. The Morgan fingerprint density at radius 1 is 0.880 bits per heavy atom. The molecule has 1 aliphatic heterocycles. The SMILES string of the molecule is CS(=O)(=O)c1ccc(C(=O)N2CCN(C(=O)c3ccsc3)CC2)cc1. The van der Waals surface area contributed by atoms with E-state index in [0.717, 1.165) is 6.26 Å². The fourth-order valence-corrected chi connectivity index (χ4v) is 3.97. The van der Waals surface area contributed by atoms with E-state index in [1.807, 2.05) is 10.8 Å². The molecule has 0 aliphatic carbocycles. The van der Waals surface area contributed by atoms with E-state index in [1.54, 1.807) is 15.9 Å². The third kappa shape index (κ3) is 3.91. The Bertz CT molecular complexity index is 866. The molecule has 3 rings (SSSR count). The Hall–Kier alpha value is -2.19. The zero-order valence-electron chi connectivity index (χ0n) is 13.7. The second kappa shape index (κ2) is 6.97. The van der Waals surface area contributed by atoms with Gasteiger partial charge in [-0.3, -0.25) is 9.59 Å². The zero-order chi connectivity index (χ0) is 18.0. The van der Waals surface area contributed by atoms with Crippen molar-refractivity contribution in [2.75, 3.05) is 32.4 Å². The van der Waals surface area contributed by atoms with Gasteiger partial charge in [0.05, 0.1) is 10.5 Å². The van der Waals surface area contributed by atoms with Crippen LogP contribution >= 0.6 is 11.3 Å². The van der Waals surface area contributed by atoms with Crippen LogP contribution in [0.15, 0.2) is 46.0 Å². The number of amides is 2. The molecule has 0 N–H and O–H groups in total. The number of carbonyl (C=O) groups is 2. The van der Waals surface area contributed by atoms with Crippen LogP contribution in [0.2, 0.25) is 0 Å². The summed E-state index contributed by atoms with van der Waals surface area (Å²) in [6.45, 7) is 1.90. The van der Waals surface area contributed by atoms with Crippen LogP contribution in [-0.4, -0.2) is 62.5 Å². The monoisotopic (exact) mass is 378 g/mol. The lowest BCUT2D eigenvalue weighted by Gasteiger charge is -2.34. The fraction of sp³-hybridized carbons (Fsp3) is 0.294. The number of hydrogen-bond acceptors (Lipinski definition) is 5. The molecule has 2 amide bonds. The van der Waals surface area contributed by atoms with Gasteiger partial charge in [0.1, 0.15) is 0 Å². The van der Waals surface area contributed by atoms with Crippen LogP contribution < -0.4 is 0 Å². The molecular weight excluding hydrogens is 360 g/mol. The topological polar surface area (TPSA) is 74.8 Å². The molecule has 8 heteroatoms. The van der Waals surface area contributed by atoms with E-state index < -0.39 is 9.84 Å². The van der Waals surface area contributed by atoms with Crippen LogP contribution in [0.4, 0.5) is 0 Å². The molecule has 0 atom stereocenters. The van der Waals surface area contributed by atoms with Gasteiger partial charge in [-0.25, -0.2) is 8.42 Å². The Labute approximate surface area is 150 Å². The van der Waals surface area contributed by atoms with Gasteiger partial charge >= 0.3 is 0 Å². The zero-order valence-corrected chi connectivity index (χ0v) is 15.3. The van der Waals surface area contributed by atoms with Crippen molar-refractivity contribution in [1.82, 2.24) is 9.80 Å². The molecule has 1 aromatic carbocycles. The molecule has 6 nitrogen and oxygen atoms in total. The van der Waals surface area contributed by atoms with E-state index >= 15 is 0 Å². The third-order valence-corrected chi connectivity index (χ3v) is 5.96. The maximum Gasteiger partial charge on any atom is 0.254 e. The maximum atomic E-state index is 12.5. The van der Waals surface area contributed by atoms with Gasteiger partial charge in [-0.15, -0.1) is 0 Å². The lowest BCUT2D eigenvalue weighted by atomic mass is 10.1. The highest BCUT2D eigenvalue weighted by molar-refractivity contribution is 7.90. The van der Waals surface area contributed by atoms with E-state index in [-0.39, 0.29) is 16.7 Å². The van der Waals surface area contributed by atoms with Crippen LogP contribution in [0.25, 0.3) is 0 Å². The third-order valence-electron chi connectivity index (χ3n) is 4.15. The number of rotatable bonds is 3. The Kier molecular flexibility index (Phi) is 4.91. The van der Waals surface area contributed by atoms with Gasteiger partial charge in [-0.1, -0.05) is 0 Å². The number of carbonyl (C=O) groups excluding carboxylic acids is 2. The van der Waals surface area contributed by atoms with Gasteiger partial charge < -0.3 is 9.80 Å². The number of thiophene rings is 1. The van der Waals surface area contributed by atoms with Crippen LogP contribution in [0.3, 0.4) is 0 Å². The molecule has 25 heavy (non-hydrogen) atoms. The summed E-state index contributed by atoms with van der Waals surface area (Å²) in [6.07, 6.45) is 1.13. The Morgan fingerprint density at radius 2 is 1.40 bits per heavy atom. The summed E-state index contributed by atoms with van der Waals surface area (Å²) in [6, 6.07) is 7.74. The second-order valence-corrected chi connectivity index (χ2v) is 8.69. The summed E-state index contributed by atoms with van der Waals surface area (Å²) in [4.78, 5) is 28.5. The van der Waals surface area contributed by atoms with Gasteiger partial charge in [0.25, 0.3) is 11.8 Å². The van der Waals surface area contributed by atoms with Crippen LogP contribution in [0.5, 0.6) is 0 Å².